The Kier molecular flexibility index (Phi) is 9.22. The Morgan fingerprint density at radius 2 is 2.00 bits per heavy atom. The molecule has 0 fully saturated rings. The van der Waals surface area contributed by atoms with Crippen LogP contribution in [0.5, 0.6) is 5.75 Å². The van der Waals surface area contributed by atoms with Crippen molar-refractivity contribution in [3.8, 4) is 5.75 Å². The lowest BCUT2D eigenvalue weighted by molar-refractivity contribution is 0.0924. The lowest BCUT2D eigenvalue weighted by Crippen LogP contribution is -2.41. The van der Waals surface area contributed by atoms with Crippen molar-refractivity contribution < 1.29 is 14.1 Å². The molecule has 2 rings (SSSR count). The summed E-state index contributed by atoms with van der Waals surface area (Å²) in [5.41, 5.74) is 5.86. The summed E-state index contributed by atoms with van der Waals surface area (Å²) in [6.45, 7) is 4.55. The van der Waals surface area contributed by atoms with E-state index in [0.29, 0.717) is 34.0 Å². The molecule has 0 bridgehead atoms. The highest BCUT2D eigenvalue weighted by Gasteiger charge is 2.18. The van der Waals surface area contributed by atoms with Crippen LogP contribution in [0, 0.1) is 5.92 Å². The largest absolute Gasteiger partial charge is 0.482 e. The summed E-state index contributed by atoms with van der Waals surface area (Å²) in [6, 6.07) is 6.47. The molecule has 0 aliphatic rings. The third kappa shape index (κ3) is 6.36. The maximum Gasteiger partial charge on any atom is 0.273 e. The summed E-state index contributed by atoms with van der Waals surface area (Å²) < 4.78 is 10.7. The molecule has 2 aromatic rings. The van der Waals surface area contributed by atoms with Crippen LogP contribution >= 0.6 is 35.6 Å². The van der Waals surface area contributed by atoms with Crippen LogP contribution in [0.25, 0.3) is 0 Å². The number of hydrogen-bond acceptors (Lipinski definition) is 5. The fourth-order valence-electron chi connectivity index (χ4n) is 2.29. The van der Waals surface area contributed by atoms with E-state index >= 15 is 0 Å². The van der Waals surface area contributed by atoms with Gasteiger partial charge in [0.1, 0.15) is 6.61 Å². The SMILES string of the molecule is CC(C)CC(CN)NC(=O)c1cc(COc2c(Cl)cccc2Cl)on1.Cl. The number of nitrogens with two attached hydrogens (primary N) is 1. The number of nitrogens with zero attached hydrogens (tertiary/aromatic N) is 1. The van der Waals surface area contributed by atoms with Crippen LogP contribution in [0.4, 0.5) is 0 Å². The van der Waals surface area contributed by atoms with Gasteiger partial charge in [0.05, 0.1) is 10.0 Å². The predicted octanol–water partition coefficient (Wildman–Crippen LogP) is 4.09. The Bertz CT molecular complexity index is 702. The van der Waals surface area contributed by atoms with Gasteiger partial charge in [0.15, 0.2) is 17.2 Å². The van der Waals surface area contributed by atoms with Crippen molar-refractivity contribution in [2.24, 2.45) is 11.7 Å². The summed E-state index contributed by atoms with van der Waals surface area (Å²) in [5, 5.41) is 7.40. The van der Waals surface area contributed by atoms with Gasteiger partial charge in [-0.2, -0.15) is 0 Å². The third-order valence-corrected chi connectivity index (χ3v) is 4.04. The lowest BCUT2D eigenvalue weighted by atomic mass is 10.0. The van der Waals surface area contributed by atoms with Crippen LogP contribution in [0.15, 0.2) is 28.8 Å². The van der Waals surface area contributed by atoms with E-state index in [1.165, 1.54) is 6.07 Å². The number of rotatable bonds is 8. The van der Waals surface area contributed by atoms with E-state index in [4.69, 9.17) is 38.2 Å². The monoisotopic (exact) mass is 421 g/mol. The molecule has 9 heteroatoms. The number of carbonyl (C=O) groups is 1. The van der Waals surface area contributed by atoms with Gasteiger partial charge in [0.2, 0.25) is 0 Å². The molecule has 6 nitrogen and oxygen atoms in total. The quantitative estimate of drug-likeness (QED) is 0.669. The van der Waals surface area contributed by atoms with Gasteiger partial charge in [-0.25, -0.2) is 0 Å². The number of hydrogen-bond donors (Lipinski definition) is 2. The fourth-order valence-corrected chi connectivity index (χ4v) is 2.80. The molecule has 0 aliphatic heterocycles. The average molecular weight is 423 g/mol. The number of amides is 1. The van der Waals surface area contributed by atoms with Gasteiger partial charge in [-0.15, -0.1) is 12.4 Å². The van der Waals surface area contributed by atoms with Gasteiger partial charge in [-0.1, -0.05) is 48.3 Å². The van der Waals surface area contributed by atoms with E-state index in [2.05, 4.69) is 24.3 Å². The van der Waals surface area contributed by atoms with Crippen molar-refractivity contribution in [2.45, 2.75) is 32.9 Å². The van der Waals surface area contributed by atoms with Crippen LogP contribution in [0.1, 0.15) is 36.5 Å². The molecule has 1 aromatic heterocycles. The first-order valence-corrected chi connectivity index (χ1v) is 8.69. The van der Waals surface area contributed by atoms with Crippen LogP contribution in [0.3, 0.4) is 0 Å². The third-order valence-electron chi connectivity index (χ3n) is 3.44. The van der Waals surface area contributed by atoms with Gasteiger partial charge in [-0.05, 0) is 24.5 Å². The number of carbonyl (C=O) groups excluding carboxylic acids is 1. The van der Waals surface area contributed by atoms with Gasteiger partial charge in [0.25, 0.3) is 5.91 Å². The van der Waals surface area contributed by atoms with Crippen molar-refractivity contribution >= 4 is 41.5 Å². The fraction of sp³-hybridized carbons (Fsp3) is 0.412. The topological polar surface area (TPSA) is 90.4 Å². The molecule has 0 saturated carbocycles. The minimum absolute atomic E-state index is 0. The first-order chi connectivity index (χ1) is 11.9. The van der Waals surface area contributed by atoms with Crippen LogP contribution in [-0.4, -0.2) is 23.7 Å². The molecule has 1 unspecified atom stereocenters. The second-order valence-electron chi connectivity index (χ2n) is 6.05. The molecule has 1 atom stereocenters. The number of benzene rings is 1. The number of aromatic nitrogens is 1. The minimum atomic E-state index is -0.332. The van der Waals surface area contributed by atoms with Crippen LogP contribution in [0.2, 0.25) is 10.0 Å². The standard InChI is InChI=1S/C17H21Cl2N3O3.ClH/c1-10(2)6-11(8-20)21-17(23)15-7-12(25-22-15)9-24-16-13(18)4-3-5-14(16)19;/h3-5,7,10-11H,6,8-9,20H2,1-2H3,(H,21,23);1H. The molecule has 1 amide bonds. The van der Waals surface area contributed by atoms with E-state index < -0.39 is 0 Å². The first-order valence-electron chi connectivity index (χ1n) is 7.94. The maximum absolute atomic E-state index is 12.2. The second-order valence-corrected chi connectivity index (χ2v) is 6.87. The predicted molar refractivity (Wildman–Crippen MR) is 104 cm³/mol. The summed E-state index contributed by atoms with van der Waals surface area (Å²) in [5.74, 6) is 0.833. The van der Waals surface area contributed by atoms with Gasteiger partial charge in [-0.3, -0.25) is 4.79 Å². The summed E-state index contributed by atoms with van der Waals surface area (Å²) in [7, 11) is 0. The Morgan fingerprint density at radius 3 is 2.58 bits per heavy atom. The van der Waals surface area contributed by atoms with Gasteiger partial charge < -0.3 is 20.3 Å². The molecular formula is C17H22Cl3N3O3. The molecule has 0 spiro atoms. The van der Waals surface area contributed by atoms with Crippen molar-refractivity contribution in [1.29, 1.82) is 0 Å². The van der Waals surface area contributed by atoms with Gasteiger partial charge in [0, 0.05) is 18.7 Å². The Hall–Kier alpha value is -1.47. The second kappa shape index (κ2) is 10.6. The molecule has 0 radical (unpaired) electrons. The molecular weight excluding hydrogens is 401 g/mol. The van der Waals surface area contributed by atoms with Crippen molar-refractivity contribution in [3.05, 3.63) is 45.8 Å². The smallest absolute Gasteiger partial charge is 0.273 e. The lowest BCUT2D eigenvalue weighted by Gasteiger charge is -2.17. The summed E-state index contributed by atoms with van der Waals surface area (Å²) in [4.78, 5) is 12.2. The zero-order valence-corrected chi connectivity index (χ0v) is 16.8. The molecule has 3 N–H and O–H groups in total. The Morgan fingerprint density at radius 1 is 1.35 bits per heavy atom. The van der Waals surface area contributed by atoms with Crippen molar-refractivity contribution in [2.75, 3.05) is 6.54 Å². The van der Waals surface area contributed by atoms with Crippen LogP contribution < -0.4 is 15.8 Å². The average Bonchev–Trinajstić information content (AvgIpc) is 3.02. The Labute approximate surface area is 168 Å². The van der Waals surface area contributed by atoms with E-state index in [9.17, 15) is 4.79 Å². The highest BCUT2D eigenvalue weighted by atomic mass is 35.5. The van der Waals surface area contributed by atoms with E-state index in [1.54, 1.807) is 18.2 Å². The molecule has 0 saturated heterocycles. The van der Waals surface area contributed by atoms with E-state index in [-0.39, 0.29) is 36.7 Å². The highest BCUT2D eigenvalue weighted by molar-refractivity contribution is 6.37. The molecule has 0 aliphatic carbocycles. The number of halogens is 3. The molecule has 1 aromatic carbocycles. The summed E-state index contributed by atoms with van der Waals surface area (Å²) in [6.07, 6.45) is 0.793. The molecule has 26 heavy (non-hydrogen) atoms. The number of nitrogens with one attached hydrogen (secondary N) is 1. The molecule has 144 valence electrons. The first kappa shape index (κ1) is 22.6. The highest BCUT2D eigenvalue weighted by Crippen LogP contribution is 2.32. The summed E-state index contributed by atoms with van der Waals surface area (Å²) >= 11 is 12.1. The zero-order valence-electron chi connectivity index (χ0n) is 14.5. The van der Waals surface area contributed by atoms with Crippen molar-refractivity contribution in [3.63, 3.8) is 0 Å². The van der Waals surface area contributed by atoms with Crippen LogP contribution in [-0.2, 0) is 6.61 Å². The normalized spacial score (nSPS) is 11.8. The van der Waals surface area contributed by atoms with Gasteiger partial charge >= 0.3 is 0 Å². The number of ether oxygens (including phenoxy) is 1. The molecule has 1 heterocycles. The van der Waals surface area contributed by atoms with Crippen molar-refractivity contribution in [1.82, 2.24) is 10.5 Å². The number of para-hydroxylation sites is 1. The Balaban J connectivity index is 0.00000338. The minimum Gasteiger partial charge on any atom is -0.482 e. The maximum atomic E-state index is 12.2. The van der Waals surface area contributed by atoms with E-state index in [0.717, 1.165) is 6.42 Å². The van der Waals surface area contributed by atoms with E-state index in [1.807, 2.05) is 0 Å². The zero-order chi connectivity index (χ0) is 18.4.